The second kappa shape index (κ2) is 11.8. The number of benzene rings is 1. The minimum absolute atomic E-state index is 0.0695. The molecular formula is C27H37FN4O7. The molecule has 11 nitrogen and oxygen atoms in total. The predicted molar refractivity (Wildman–Crippen MR) is 140 cm³/mol. The molecule has 3 aliphatic heterocycles. The number of carbonyl (C=O) groups excluding carboxylic acids is 4. The Kier molecular flexibility index (Phi) is 8.63. The fourth-order valence-electron chi connectivity index (χ4n) is 4.98. The van der Waals surface area contributed by atoms with E-state index >= 15 is 0 Å². The Morgan fingerprint density at radius 1 is 1.03 bits per heavy atom. The topological polar surface area (TPSA) is 118 Å². The zero-order chi connectivity index (χ0) is 28.3. The van der Waals surface area contributed by atoms with Crippen LogP contribution in [0, 0.1) is 0 Å². The number of hydrogen-bond acceptors (Lipinski definition) is 7. The van der Waals surface area contributed by atoms with Crippen LogP contribution in [0.5, 0.6) is 5.75 Å². The third-order valence-electron chi connectivity index (χ3n) is 7.00. The molecule has 1 N–H and O–H groups in total. The van der Waals surface area contributed by atoms with Gasteiger partial charge in [-0.1, -0.05) is 0 Å². The van der Waals surface area contributed by atoms with Crippen LogP contribution in [0.25, 0.3) is 0 Å². The molecule has 5 amide bonds. The molecule has 1 unspecified atom stereocenters. The van der Waals surface area contributed by atoms with Gasteiger partial charge in [-0.3, -0.25) is 19.8 Å². The summed E-state index contributed by atoms with van der Waals surface area (Å²) < 4.78 is 31.7. The van der Waals surface area contributed by atoms with Gasteiger partial charge in [0, 0.05) is 38.2 Å². The number of carbonyl (C=O) groups is 4. The van der Waals surface area contributed by atoms with Crippen molar-refractivity contribution >= 4 is 29.6 Å². The van der Waals surface area contributed by atoms with Crippen LogP contribution < -0.4 is 15.0 Å². The van der Waals surface area contributed by atoms with Gasteiger partial charge in [0.25, 0.3) is 5.91 Å². The summed E-state index contributed by atoms with van der Waals surface area (Å²) in [7, 11) is 1.47. The van der Waals surface area contributed by atoms with Gasteiger partial charge in [0.15, 0.2) is 0 Å². The number of halogens is 1. The Balaban J connectivity index is 1.31. The van der Waals surface area contributed by atoms with Gasteiger partial charge in [0.2, 0.25) is 5.91 Å². The van der Waals surface area contributed by atoms with E-state index in [9.17, 15) is 23.6 Å². The fraction of sp³-hybridized carbons (Fsp3) is 0.630. The first-order chi connectivity index (χ1) is 18.4. The molecular weight excluding hydrogens is 511 g/mol. The number of piperidine rings is 2. The van der Waals surface area contributed by atoms with Crippen LogP contribution in [0.1, 0.15) is 56.8 Å². The number of ether oxygens (including phenoxy) is 3. The van der Waals surface area contributed by atoms with Crippen LogP contribution in [0.2, 0.25) is 0 Å². The molecule has 1 aromatic rings. The summed E-state index contributed by atoms with van der Waals surface area (Å²) in [5, 5.41) is 2.28. The predicted octanol–water partition coefficient (Wildman–Crippen LogP) is 3.11. The van der Waals surface area contributed by atoms with E-state index in [4.69, 9.17) is 14.2 Å². The zero-order valence-electron chi connectivity index (χ0n) is 22.9. The van der Waals surface area contributed by atoms with E-state index in [1.54, 1.807) is 43.9 Å². The Bertz CT molecular complexity index is 1100. The zero-order valence-corrected chi connectivity index (χ0v) is 22.9. The summed E-state index contributed by atoms with van der Waals surface area (Å²) >= 11 is 0. The molecule has 4 rings (SSSR count). The van der Waals surface area contributed by atoms with Gasteiger partial charge >= 0.3 is 12.1 Å². The number of likely N-dealkylation sites (tertiary alicyclic amines) is 2. The third-order valence-corrected chi connectivity index (χ3v) is 7.00. The van der Waals surface area contributed by atoms with Crippen LogP contribution in [-0.2, 0) is 14.3 Å². The SMILES string of the molecule is COc1ccc(C(=O)N2CCC(OC3CCN(C(=O)OC(C)(C)C)C[C@H]3F)CC2)cc1N1CCC(=O)NC1=O. The number of methoxy groups -OCH3 is 1. The first-order valence-electron chi connectivity index (χ1n) is 13.3. The molecule has 2 atom stereocenters. The smallest absolute Gasteiger partial charge is 0.410 e. The van der Waals surface area contributed by atoms with E-state index in [-0.39, 0.29) is 37.4 Å². The summed E-state index contributed by atoms with van der Waals surface area (Å²) in [4.78, 5) is 53.9. The largest absolute Gasteiger partial charge is 0.495 e. The standard InChI is InChI=1S/C27H37FN4O7/c1-27(2,3)39-26(36)31-13-9-21(19(28)16-31)38-18-7-11-30(12-8-18)24(34)17-5-6-22(37-4)20(15-17)32-14-10-23(33)29-25(32)35/h5-6,15,18-19,21H,7-14,16H2,1-4H3,(H,29,33,35)/t19-,21?/m1/s1. The molecule has 39 heavy (non-hydrogen) atoms. The lowest BCUT2D eigenvalue weighted by Gasteiger charge is -2.39. The minimum atomic E-state index is -1.31. The van der Waals surface area contributed by atoms with E-state index in [0.29, 0.717) is 55.9 Å². The lowest BCUT2D eigenvalue weighted by Crippen LogP contribution is -2.51. The highest BCUT2D eigenvalue weighted by Crippen LogP contribution is 2.32. The third kappa shape index (κ3) is 6.97. The van der Waals surface area contributed by atoms with Crippen LogP contribution in [0.4, 0.5) is 19.7 Å². The molecule has 0 aromatic heterocycles. The van der Waals surface area contributed by atoms with Gasteiger partial charge in [-0.05, 0) is 58.2 Å². The van der Waals surface area contributed by atoms with E-state index in [2.05, 4.69) is 5.32 Å². The van der Waals surface area contributed by atoms with E-state index in [1.807, 2.05) is 0 Å². The van der Waals surface area contributed by atoms with Crippen LogP contribution in [-0.4, -0.2) is 97.6 Å². The van der Waals surface area contributed by atoms with Gasteiger partial charge in [0.1, 0.15) is 17.5 Å². The van der Waals surface area contributed by atoms with Crippen LogP contribution in [0.3, 0.4) is 0 Å². The molecule has 0 radical (unpaired) electrons. The Labute approximate surface area is 227 Å². The van der Waals surface area contributed by atoms with Gasteiger partial charge in [-0.15, -0.1) is 0 Å². The fourth-order valence-corrected chi connectivity index (χ4v) is 4.98. The average Bonchev–Trinajstić information content (AvgIpc) is 2.88. The lowest BCUT2D eigenvalue weighted by atomic mass is 10.0. The maximum atomic E-state index is 14.9. The lowest BCUT2D eigenvalue weighted by molar-refractivity contribution is -0.120. The maximum absolute atomic E-state index is 14.9. The highest BCUT2D eigenvalue weighted by Gasteiger charge is 2.36. The molecule has 3 heterocycles. The highest BCUT2D eigenvalue weighted by atomic mass is 19.1. The summed E-state index contributed by atoms with van der Waals surface area (Å²) in [5.41, 5.74) is 0.170. The number of alkyl halides is 1. The number of imide groups is 1. The monoisotopic (exact) mass is 548 g/mol. The van der Waals surface area contributed by atoms with Crippen molar-refractivity contribution < 1.29 is 37.8 Å². The van der Waals surface area contributed by atoms with E-state index in [0.717, 1.165) is 0 Å². The van der Waals surface area contributed by atoms with E-state index < -0.39 is 30.0 Å². The normalized spacial score (nSPS) is 22.9. The van der Waals surface area contributed by atoms with E-state index in [1.165, 1.54) is 16.9 Å². The van der Waals surface area contributed by atoms with Crippen LogP contribution >= 0.6 is 0 Å². The molecule has 214 valence electrons. The summed E-state index contributed by atoms with van der Waals surface area (Å²) in [6.45, 7) is 6.68. The number of hydrogen-bond donors (Lipinski definition) is 1. The molecule has 1 aromatic carbocycles. The second-order valence-electron chi connectivity index (χ2n) is 11.0. The molecule has 0 aliphatic carbocycles. The van der Waals surface area contributed by atoms with Crippen molar-refractivity contribution in [2.24, 2.45) is 0 Å². The molecule has 0 spiro atoms. The molecule has 0 saturated carbocycles. The first kappa shape index (κ1) is 28.6. The number of anilines is 1. The molecule has 12 heteroatoms. The molecule has 3 fully saturated rings. The molecule has 3 saturated heterocycles. The Morgan fingerprint density at radius 3 is 2.33 bits per heavy atom. The number of urea groups is 1. The molecule has 3 aliphatic rings. The quantitative estimate of drug-likeness (QED) is 0.601. The van der Waals surface area contributed by atoms with Gasteiger partial charge in [-0.2, -0.15) is 0 Å². The second-order valence-corrected chi connectivity index (χ2v) is 11.0. The van der Waals surface area contributed by atoms with Crippen molar-refractivity contribution in [3.05, 3.63) is 23.8 Å². The summed E-state index contributed by atoms with van der Waals surface area (Å²) in [6.07, 6.45) is -0.981. The maximum Gasteiger partial charge on any atom is 0.410 e. The number of rotatable bonds is 5. The van der Waals surface area contributed by atoms with Gasteiger partial charge < -0.3 is 24.0 Å². The van der Waals surface area contributed by atoms with Crippen molar-refractivity contribution in [1.29, 1.82) is 0 Å². The van der Waals surface area contributed by atoms with Crippen molar-refractivity contribution in [3.8, 4) is 5.75 Å². The average molecular weight is 549 g/mol. The van der Waals surface area contributed by atoms with Crippen molar-refractivity contribution in [1.82, 2.24) is 15.1 Å². The number of amides is 5. The highest BCUT2D eigenvalue weighted by molar-refractivity contribution is 6.07. The first-order valence-corrected chi connectivity index (χ1v) is 13.3. The van der Waals surface area contributed by atoms with Crippen molar-refractivity contribution in [3.63, 3.8) is 0 Å². The summed E-state index contributed by atoms with van der Waals surface area (Å²) in [5.74, 6) is -0.123. The van der Waals surface area contributed by atoms with Gasteiger partial charge in [-0.25, -0.2) is 14.0 Å². The number of nitrogens with zero attached hydrogens (tertiary/aromatic N) is 3. The minimum Gasteiger partial charge on any atom is -0.495 e. The van der Waals surface area contributed by atoms with Gasteiger partial charge in [0.05, 0.1) is 31.5 Å². The van der Waals surface area contributed by atoms with Crippen molar-refractivity contribution in [2.75, 3.05) is 44.7 Å². The molecule has 0 bridgehead atoms. The summed E-state index contributed by atoms with van der Waals surface area (Å²) in [6, 6.07) is 4.32. The Morgan fingerprint density at radius 2 is 1.72 bits per heavy atom. The van der Waals surface area contributed by atoms with Crippen LogP contribution in [0.15, 0.2) is 18.2 Å². The Hall–Kier alpha value is -3.41. The number of nitrogens with one attached hydrogen (secondary N) is 1. The van der Waals surface area contributed by atoms with Crippen molar-refractivity contribution in [2.45, 2.75) is 70.4 Å².